The lowest BCUT2D eigenvalue weighted by Crippen LogP contribution is -2.03. The van der Waals surface area contributed by atoms with Gasteiger partial charge in [0.2, 0.25) is 0 Å². The van der Waals surface area contributed by atoms with E-state index in [4.69, 9.17) is 4.74 Å². The predicted molar refractivity (Wildman–Crippen MR) is 52.4 cm³/mol. The summed E-state index contributed by atoms with van der Waals surface area (Å²) < 4.78 is 5.26. The van der Waals surface area contributed by atoms with E-state index >= 15 is 0 Å². The summed E-state index contributed by atoms with van der Waals surface area (Å²) in [6.45, 7) is 3.60. The zero-order chi connectivity index (χ0) is 9.10. The third-order valence-corrected chi connectivity index (χ3v) is 2.23. The highest BCUT2D eigenvalue weighted by Gasteiger charge is 2.05. The Hall–Kier alpha value is -1.15. The van der Waals surface area contributed by atoms with Gasteiger partial charge in [-0.2, -0.15) is 0 Å². The van der Waals surface area contributed by atoms with Crippen molar-refractivity contribution in [2.75, 3.05) is 13.2 Å². The molecular weight excluding hydrogens is 162 g/mol. The van der Waals surface area contributed by atoms with Crippen molar-refractivity contribution in [3.8, 4) is 0 Å². The molecule has 0 saturated heterocycles. The Morgan fingerprint density at radius 1 is 1.46 bits per heavy atom. The Bertz CT molecular complexity index is 331. The minimum atomic E-state index is 0.747. The average Bonchev–Trinajstić information content (AvgIpc) is 2.19. The van der Waals surface area contributed by atoms with Crippen molar-refractivity contribution < 1.29 is 4.74 Å². The van der Waals surface area contributed by atoms with E-state index in [2.05, 4.69) is 23.2 Å². The molecule has 2 heterocycles. The van der Waals surface area contributed by atoms with Crippen LogP contribution in [0.3, 0.4) is 0 Å². The van der Waals surface area contributed by atoms with Crippen LogP contribution in [0.1, 0.15) is 17.7 Å². The van der Waals surface area contributed by atoms with Gasteiger partial charge in [0.15, 0.2) is 0 Å². The first-order valence-electron chi connectivity index (χ1n) is 4.56. The fraction of sp³-hybridized carbons (Fsp3) is 0.364. The lowest BCUT2D eigenvalue weighted by Gasteiger charge is -2.13. The van der Waals surface area contributed by atoms with Crippen LogP contribution in [0.5, 0.6) is 0 Å². The van der Waals surface area contributed by atoms with E-state index in [1.165, 1.54) is 11.1 Å². The molecule has 0 unspecified atom stereocenters. The number of aromatic nitrogens is 1. The molecule has 2 heteroatoms. The Labute approximate surface area is 78.3 Å². The van der Waals surface area contributed by atoms with Crippen molar-refractivity contribution in [2.45, 2.75) is 13.3 Å². The maximum Gasteiger partial charge on any atom is 0.0653 e. The first kappa shape index (κ1) is 8.45. The number of aryl methyl sites for hydroxylation is 1. The number of ether oxygens (including phenoxy) is 1. The van der Waals surface area contributed by atoms with Crippen LogP contribution in [-0.4, -0.2) is 18.2 Å². The molecule has 0 aliphatic carbocycles. The van der Waals surface area contributed by atoms with E-state index in [1.54, 1.807) is 0 Å². The Balaban J connectivity index is 2.29. The lowest BCUT2D eigenvalue weighted by molar-refractivity contribution is 0.161. The second kappa shape index (κ2) is 3.71. The molecule has 1 aromatic rings. The van der Waals surface area contributed by atoms with E-state index in [9.17, 15) is 0 Å². The van der Waals surface area contributed by atoms with Gasteiger partial charge in [0.05, 0.1) is 13.2 Å². The van der Waals surface area contributed by atoms with E-state index in [0.717, 1.165) is 25.3 Å². The fourth-order valence-electron chi connectivity index (χ4n) is 1.53. The van der Waals surface area contributed by atoms with Crippen molar-refractivity contribution in [1.82, 2.24) is 4.98 Å². The van der Waals surface area contributed by atoms with Crippen LogP contribution in [0.25, 0.3) is 5.57 Å². The summed E-state index contributed by atoms with van der Waals surface area (Å²) in [5.74, 6) is 0. The molecule has 1 aliphatic rings. The van der Waals surface area contributed by atoms with Crippen LogP contribution in [-0.2, 0) is 4.74 Å². The first-order chi connectivity index (χ1) is 6.36. The van der Waals surface area contributed by atoms with E-state index in [0.29, 0.717) is 0 Å². The average molecular weight is 175 g/mol. The smallest absolute Gasteiger partial charge is 0.0653 e. The Kier molecular flexibility index (Phi) is 2.41. The van der Waals surface area contributed by atoms with Crippen LogP contribution in [0.4, 0.5) is 0 Å². The van der Waals surface area contributed by atoms with E-state index in [-0.39, 0.29) is 0 Å². The van der Waals surface area contributed by atoms with Gasteiger partial charge in [0.1, 0.15) is 0 Å². The minimum absolute atomic E-state index is 0.747. The van der Waals surface area contributed by atoms with Gasteiger partial charge >= 0.3 is 0 Å². The van der Waals surface area contributed by atoms with Crippen molar-refractivity contribution in [2.24, 2.45) is 0 Å². The number of hydrogen-bond acceptors (Lipinski definition) is 2. The van der Waals surface area contributed by atoms with Gasteiger partial charge in [-0.3, -0.25) is 4.98 Å². The molecular formula is C11H13NO. The quantitative estimate of drug-likeness (QED) is 0.652. The third-order valence-electron chi connectivity index (χ3n) is 2.23. The predicted octanol–water partition coefficient (Wildman–Crippen LogP) is 2.19. The summed E-state index contributed by atoms with van der Waals surface area (Å²) in [5.41, 5.74) is 3.75. The van der Waals surface area contributed by atoms with Crippen LogP contribution in [0.2, 0.25) is 0 Å². The standard InChI is InChI=1S/C11H13NO/c1-9-8-11(2-5-12-9)10-3-6-13-7-4-10/h2-3,5,8H,4,6-7H2,1H3. The molecule has 1 aliphatic heterocycles. The molecule has 68 valence electrons. The largest absolute Gasteiger partial charge is 0.377 e. The number of hydrogen-bond donors (Lipinski definition) is 0. The second-order valence-corrected chi connectivity index (χ2v) is 3.24. The number of pyridine rings is 1. The topological polar surface area (TPSA) is 22.1 Å². The monoisotopic (exact) mass is 175 g/mol. The summed E-state index contributed by atoms with van der Waals surface area (Å²) in [6, 6.07) is 4.18. The molecule has 0 radical (unpaired) electrons. The molecule has 0 atom stereocenters. The Morgan fingerprint density at radius 3 is 3.08 bits per heavy atom. The van der Waals surface area contributed by atoms with Gasteiger partial charge in [-0.05, 0) is 36.6 Å². The zero-order valence-corrected chi connectivity index (χ0v) is 7.79. The van der Waals surface area contributed by atoms with Gasteiger partial charge in [0.25, 0.3) is 0 Å². The molecule has 0 saturated carbocycles. The van der Waals surface area contributed by atoms with Gasteiger partial charge in [-0.1, -0.05) is 6.08 Å². The van der Waals surface area contributed by atoms with E-state index < -0.39 is 0 Å². The maximum atomic E-state index is 5.26. The lowest BCUT2D eigenvalue weighted by atomic mass is 10.0. The molecule has 13 heavy (non-hydrogen) atoms. The van der Waals surface area contributed by atoms with Crippen LogP contribution >= 0.6 is 0 Å². The maximum absolute atomic E-state index is 5.26. The van der Waals surface area contributed by atoms with E-state index in [1.807, 2.05) is 13.1 Å². The molecule has 0 aromatic carbocycles. The molecule has 0 spiro atoms. The normalized spacial score (nSPS) is 16.8. The highest BCUT2D eigenvalue weighted by atomic mass is 16.5. The number of rotatable bonds is 1. The molecule has 2 rings (SSSR count). The SMILES string of the molecule is Cc1cc(C2=CCOCC2)ccn1. The van der Waals surface area contributed by atoms with Gasteiger partial charge in [-0.15, -0.1) is 0 Å². The molecule has 0 bridgehead atoms. The molecule has 1 aromatic heterocycles. The van der Waals surface area contributed by atoms with Crippen LogP contribution in [0.15, 0.2) is 24.4 Å². The first-order valence-corrected chi connectivity index (χ1v) is 4.56. The highest BCUT2D eigenvalue weighted by Crippen LogP contribution is 2.20. The van der Waals surface area contributed by atoms with Crippen LogP contribution < -0.4 is 0 Å². The minimum Gasteiger partial charge on any atom is -0.377 e. The fourth-order valence-corrected chi connectivity index (χ4v) is 1.53. The molecule has 2 nitrogen and oxygen atoms in total. The summed E-state index contributed by atoms with van der Waals surface area (Å²) >= 11 is 0. The van der Waals surface area contributed by atoms with Gasteiger partial charge in [-0.25, -0.2) is 0 Å². The number of nitrogens with zero attached hydrogens (tertiary/aromatic N) is 1. The Morgan fingerprint density at radius 2 is 2.38 bits per heavy atom. The van der Waals surface area contributed by atoms with Crippen LogP contribution in [0, 0.1) is 6.92 Å². The zero-order valence-electron chi connectivity index (χ0n) is 7.79. The van der Waals surface area contributed by atoms with Crippen molar-refractivity contribution in [1.29, 1.82) is 0 Å². The molecule has 0 N–H and O–H groups in total. The van der Waals surface area contributed by atoms with Gasteiger partial charge < -0.3 is 4.74 Å². The second-order valence-electron chi connectivity index (χ2n) is 3.24. The van der Waals surface area contributed by atoms with Crippen molar-refractivity contribution in [3.63, 3.8) is 0 Å². The highest BCUT2D eigenvalue weighted by molar-refractivity contribution is 5.66. The molecule has 0 fully saturated rings. The summed E-state index contributed by atoms with van der Waals surface area (Å²) in [7, 11) is 0. The summed E-state index contributed by atoms with van der Waals surface area (Å²) in [6.07, 6.45) is 5.03. The van der Waals surface area contributed by atoms with Crippen molar-refractivity contribution >= 4 is 5.57 Å². The molecule has 0 amide bonds. The van der Waals surface area contributed by atoms with Crippen molar-refractivity contribution in [3.05, 3.63) is 35.7 Å². The summed E-state index contributed by atoms with van der Waals surface area (Å²) in [5, 5.41) is 0. The van der Waals surface area contributed by atoms with Gasteiger partial charge in [0, 0.05) is 11.9 Å². The third kappa shape index (κ3) is 1.95. The summed E-state index contributed by atoms with van der Waals surface area (Å²) in [4.78, 5) is 4.18.